The number of urea groups is 2. The van der Waals surface area contributed by atoms with E-state index in [1.54, 1.807) is 6.07 Å². The third kappa shape index (κ3) is 11.6. The smallest absolute Gasteiger partial charge is 0.319 e. The van der Waals surface area contributed by atoms with Crippen LogP contribution < -0.4 is 21.3 Å². The van der Waals surface area contributed by atoms with Crippen LogP contribution in [0.3, 0.4) is 0 Å². The summed E-state index contributed by atoms with van der Waals surface area (Å²) >= 11 is 0. The molecule has 0 aliphatic rings. The quantitative estimate of drug-likeness (QED) is 0.0525. The molecule has 0 fully saturated rings. The number of hydrogen-bond donors (Lipinski definition) is 4. The van der Waals surface area contributed by atoms with Crippen LogP contribution in [-0.2, 0) is 13.1 Å². The lowest BCUT2D eigenvalue weighted by atomic mass is 10.0. The molecule has 2 aromatic heterocycles. The summed E-state index contributed by atoms with van der Waals surface area (Å²) < 4.78 is 4.58. The number of aromatic nitrogens is 4. The first kappa shape index (κ1) is 42.3. The van der Waals surface area contributed by atoms with Crippen LogP contribution in [0, 0.1) is 11.8 Å². The zero-order valence-corrected chi connectivity index (χ0v) is 34.7. The maximum atomic E-state index is 13.6. The van der Waals surface area contributed by atoms with Crippen molar-refractivity contribution in [3.05, 3.63) is 84.4 Å². The second kappa shape index (κ2) is 21.4. The van der Waals surface area contributed by atoms with Crippen LogP contribution in [0.5, 0.6) is 0 Å². The molecule has 302 valence electrons. The molecule has 4 N–H and O–H groups in total. The van der Waals surface area contributed by atoms with Crippen LogP contribution in [0.15, 0.2) is 72.8 Å². The lowest BCUT2D eigenvalue weighted by Gasteiger charge is -2.24. The highest BCUT2D eigenvalue weighted by molar-refractivity contribution is 5.93. The largest absolute Gasteiger partial charge is 0.328 e. The first-order valence-electron chi connectivity index (χ1n) is 21.4. The van der Waals surface area contributed by atoms with Gasteiger partial charge in [-0.25, -0.2) is 19.6 Å². The maximum Gasteiger partial charge on any atom is 0.319 e. The summed E-state index contributed by atoms with van der Waals surface area (Å²) in [6, 6.07) is 22.4. The van der Waals surface area contributed by atoms with Crippen molar-refractivity contribution in [2.75, 3.05) is 10.6 Å². The number of nitrogens with zero attached hydrogens (tertiary/aromatic N) is 4. The third-order valence-electron chi connectivity index (χ3n) is 10.7. The number of anilines is 2. The number of benzene rings is 3. The Morgan fingerprint density at radius 3 is 1.34 bits per heavy atom. The number of aryl methyl sites for hydroxylation is 2. The molecule has 3 aromatic carbocycles. The molecule has 0 spiro atoms. The number of nitrogens with one attached hydrogen (secondary N) is 4. The van der Waals surface area contributed by atoms with Gasteiger partial charge in [-0.3, -0.25) is 0 Å². The Hall–Kier alpha value is -4.86. The van der Waals surface area contributed by atoms with Gasteiger partial charge < -0.3 is 30.4 Å². The summed E-state index contributed by atoms with van der Waals surface area (Å²) in [6.45, 7) is 14.6. The lowest BCUT2D eigenvalue weighted by molar-refractivity contribution is 0.242. The number of imidazole rings is 2. The zero-order chi connectivity index (χ0) is 39.9. The van der Waals surface area contributed by atoms with Gasteiger partial charge in [-0.05, 0) is 67.1 Å². The summed E-state index contributed by atoms with van der Waals surface area (Å²) in [5.74, 6) is 1.95. The fraction of sp³-hybridized carbons (Fsp3) is 0.522. The van der Waals surface area contributed by atoms with E-state index in [1.165, 1.54) is 64.2 Å². The molecule has 4 amide bonds. The summed E-state index contributed by atoms with van der Waals surface area (Å²) in [5.41, 5.74) is 5.21. The van der Waals surface area contributed by atoms with Crippen molar-refractivity contribution in [1.29, 1.82) is 0 Å². The van der Waals surface area contributed by atoms with Gasteiger partial charge in [0.25, 0.3) is 0 Å². The molecule has 0 aliphatic carbocycles. The highest BCUT2D eigenvalue weighted by atomic mass is 16.2. The van der Waals surface area contributed by atoms with Gasteiger partial charge in [-0.2, -0.15) is 0 Å². The van der Waals surface area contributed by atoms with Crippen molar-refractivity contribution >= 4 is 45.5 Å². The third-order valence-corrected chi connectivity index (χ3v) is 10.7. The van der Waals surface area contributed by atoms with Crippen molar-refractivity contribution in [3.63, 3.8) is 0 Å². The number of para-hydroxylation sites is 4. The second-order valence-electron chi connectivity index (χ2n) is 16.0. The highest BCUT2D eigenvalue weighted by Gasteiger charge is 2.27. The lowest BCUT2D eigenvalue weighted by Crippen LogP contribution is -2.37. The van der Waals surface area contributed by atoms with E-state index in [9.17, 15) is 9.59 Å². The Kier molecular flexibility index (Phi) is 16.2. The van der Waals surface area contributed by atoms with E-state index in [2.05, 4.69) is 84.1 Å². The average Bonchev–Trinajstić information content (AvgIpc) is 3.73. The van der Waals surface area contributed by atoms with Gasteiger partial charge in [0.05, 0.1) is 34.2 Å². The van der Waals surface area contributed by atoms with Crippen LogP contribution in [0.2, 0.25) is 0 Å². The predicted octanol–water partition coefficient (Wildman–Crippen LogP) is 12.1. The fourth-order valence-corrected chi connectivity index (χ4v) is 7.58. The molecule has 0 radical (unpaired) electrons. The molecule has 10 heteroatoms. The number of fused-ring (bicyclic) bond motifs is 2. The Morgan fingerprint density at radius 2 is 0.929 bits per heavy atom. The molecule has 0 saturated heterocycles. The van der Waals surface area contributed by atoms with Gasteiger partial charge >= 0.3 is 12.1 Å². The van der Waals surface area contributed by atoms with Gasteiger partial charge in [-0.15, -0.1) is 0 Å². The molecular formula is C46H66N8O2. The Labute approximate surface area is 334 Å². The molecule has 56 heavy (non-hydrogen) atoms. The highest BCUT2D eigenvalue weighted by Crippen LogP contribution is 2.29. The van der Waals surface area contributed by atoms with Crippen molar-refractivity contribution in [2.45, 2.75) is 144 Å². The summed E-state index contributed by atoms with van der Waals surface area (Å²) in [5, 5.41) is 12.5. The number of amides is 4. The molecule has 2 atom stereocenters. The molecular weight excluding hydrogens is 697 g/mol. The van der Waals surface area contributed by atoms with Crippen molar-refractivity contribution in [1.82, 2.24) is 29.7 Å². The van der Waals surface area contributed by atoms with E-state index in [-0.39, 0.29) is 36.0 Å². The number of rotatable bonds is 22. The van der Waals surface area contributed by atoms with E-state index >= 15 is 0 Å². The van der Waals surface area contributed by atoms with Gasteiger partial charge in [0, 0.05) is 24.5 Å². The van der Waals surface area contributed by atoms with E-state index in [0.717, 1.165) is 59.6 Å². The van der Waals surface area contributed by atoms with E-state index in [0.29, 0.717) is 11.4 Å². The number of hydrogen-bond acceptors (Lipinski definition) is 4. The monoisotopic (exact) mass is 763 g/mol. The van der Waals surface area contributed by atoms with Crippen molar-refractivity contribution < 1.29 is 9.59 Å². The average molecular weight is 763 g/mol. The molecule has 5 rings (SSSR count). The van der Waals surface area contributed by atoms with Crippen molar-refractivity contribution in [3.8, 4) is 0 Å². The summed E-state index contributed by atoms with van der Waals surface area (Å²) in [7, 11) is 0. The van der Waals surface area contributed by atoms with Crippen LogP contribution in [-0.4, -0.2) is 31.2 Å². The number of carbonyl (C=O) groups excluding carboxylic acids is 2. The minimum Gasteiger partial charge on any atom is -0.328 e. The normalized spacial score (nSPS) is 12.7. The number of carbonyl (C=O) groups is 2. The van der Waals surface area contributed by atoms with Crippen LogP contribution >= 0.6 is 0 Å². The Balaban J connectivity index is 1.24. The SMILES string of the molecule is CCCCCCCCn1c([C@@H](NC(=O)Nc2cccc(NC(=O)N[C@H](c3nc4ccccc4n3CCCCCCCC)C(C)C)c2)C(C)C)nc2ccccc21. The van der Waals surface area contributed by atoms with Gasteiger partial charge in [0.15, 0.2) is 0 Å². The minimum atomic E-state index is -0.326. The van der Waals surface area contributed by atoms with E-state index < -0.39 is 0 Å². The topological polar surface area (TPSA) is 118 Å². The molecule has 0 aliphatic heterocycles. The molecule has 10 nitrogen and oxygen atoms in total. The predicted molar refractivity (Wildman–Crippen MR) is 232 cm³/mol. The van der Waals surface area contributed by atoms with Gasteiger partial charge in [0.1, 0.15) is 11.6 Å². The fourth-order valence-electron chi connectivity index (χ4n) is 7.58. The molecule has 5 aromatic rings. The maximum absolute atomic E-state index is 13.6. The molecule has 0 bridgehead atoms. The van der Waals surface area contributed by atoms with Crippen LogP contribution in [0.4, 0.5) is 21.0 Å². The molecule has 0 saturated carbocycles. The zero-order valence-electron chi connectivity index (χ0n) is 34.7. The van der Waals surface area contributed by atoms with E-state index in [1.807, 2.05) is 54.6 Å². The van der Waals surface area contributed by atoms with Crippen LogP contribution in [0.1, 0.15) is 142 Å². The standard InChI is InChI=1S/C46H66N8O2/c1-7-9-11-13-15-21-30-53-39-28-19-17-26-37(39)49-43(53)41(33(3)4)51-45(55)47-35-24-23-25-36(32-35)48-46(56)52-42(34(5)6)44-50-38-27-18-20-29-40(38)54(44)31-22-16-14-12-10-8-2/h17-20,23-29,32-34,41-42H,7-16,21-22,30-31H2,1-6H3,(H2,47,51,55)(H2,48,52,56)/t41-,42-/m0/s1. The first-order valence-corrected chi connectivity index (χ1v) is 21.4. The van der Waals surface area contributed by atoms with Crippen molar-refractivity contribution in [2.24, 2.45) is 11.8 Å². The second-order valence-corrected chi connectivity index (χ2v) is 16.0. The Morgan fingerprint density at radius 1 is 0.536 bits per heavy atom. The first-order chi connectivity index (χ1) is 27.2. The van der Waals surface area contributed by atoms with Crippen LogP contribution in [0.25, 0.3) is 22.1 Å². The summed E-state index contributed by atoms with van der Waals surface area (Å²) in [4.78, 5) is 37.2. The van der Waals surface area contributed by atoms with E-state index in [4.69, 9.17) is 9.97 Å². The molecule has 0 unspecified atom stereocenters. The number of unbranched alkanes of at least 4 members (excludes halogenated alkanes) is 10. The summed E-state index contributed by atoms with van der Waals surface area (Å²) in [6.07, 6.45) is 14.5. The molecule has 2 heterocycles. The van der Waals surface area contributed by atoms with Gasteiger partial charge in [-0.1, -0.05) is 136 Å². The Bertz CT molecular complexity index is 1840. The minimum absolute atomic E-state index is 0.102. The van der Waals surface area contributed by atoms with Gasteiger partial charge in [0.2, 0.25) is 0 Å².